The Morgan fingerprint density at radius 1 is 1.53 bits per heavy atom. The Hall–Kier alpha value is -1.13. The van der Waals surface area contributed by atoms with Crippen molar-refractivity contribution >= 4 is 17.4 Å². The summed E-state index contributed by atoms with van der Waals surface area (Å²) >= 11 is 5.65. The summed E-state index contributed by atoms with van der Waals surface area (Å²) in [6, 6.07) is 4.72. The monoisotopic (exact) mass is 229 g/mol. The van der Waals surface area contributed by atoms with E-state index in [4.69, 9.17) is 17.4 Å². The SMILES string of the molecule is CC(C)N=C(NN)c1cccc(Cl)c1F. The highest BCUT2D eigenvalue weighted by Crippen LogP contribution is 2.18. The van der Waals surface area contributed by atoms with Crippen molar-refractivity contribution in [1.82, 2.24) is 5.43 Å². The fraction of sp³-hybridized carbons (Fsp3) is 0.300. The lowest BCUT2D eigenvalue weighted by atomic mass is 10.2. The average molecular weight is 230 g/mol. The maximum atomic E-state index is 13.6. The lowest BCUT2D eigenvalue weighted by Crippen LogP contribution is -2.32. The molecule has 0 saturated heterocycles. The molecule has 3 N–H and O–H groups in total. The van der Waals surface area contributed by atoms with Gasteiger partial charge in [-0.25, -0.2) is 10.2 Å². The van der Waals surface area contributed by atoms with Crippen LogP contribution in [-0.2, 0) is 0 Å². The molecule has 0 saturated carbocycles. The van der Waals surface area contributed by atoms with Gasteiger partial charge in [0.25, 0.3) is 0 Å². The molecule has 0 aliphatic carbocycles. The molecule has 1 aromatic carbocycles. The molecule has 1 aromatic rings. The van der Waals surface area contributed by atoms with E-state index < -0.39 is 5.82 Å². The van der Waals surface area contributed by atoms with Gasteiger partial charge in [-0.3, -0.25) is 4.99 Å². The molecule has 5 heteroatoms. The molecule has 0 amide bonds. The molecule has 0 unspecified atom stereocenters. The van der Waals surface area contributed by atoms with Crippen LogP contribution in [0.4, 0.5) is 4.39 Å². The molecular formula is C10H13ClFN3. The van der Waals surface area contributed by atoms with E-state index >= 15 is 0 Å². The van der Waals surface area contributed by atoms with E-state index in [2.05, 4.69) is 10.4 Å². The van der Waals surface area contributed by atoms with Gasteiger partial charge in [-0.15, -0.1) is 0 Å². The summed E-state index contributed by atoms with van der Waals surface area (Å²) in [4.78, 5) is 4.15. The number of nitrogens with one attached hydrogen (secondary N) is 1. The number of hydrogen-bond donors (Lipinski definition) is 2. The molecule has 3 nitrogen and oxygen atoms in total. The van der Waals surface area contributed by atoms with Crippen LogP contribution in [0.5, 0.6) is 0 Å². The first-order chi connectivity index (χ1) is 7.06. The highest BCUT2D eigenvalue weighted by Gasteiger charge is 2.11. The quantitative estimate of drug-likeness (QED) is 0.353. The standard InChI is InChI=1S/C10H13ClFN3/c1-6(2)14-10(15-13)7-4-3-5-8(11)9(7)12/h3-6H,13H2,1-2H3,(H,14,15). The van der Waals surface area contributed by atoms with Gasteiger partial charge in [-0.1, -0.05) is 17.7 Å². The van der Waals surface area contributed by atoms with Crippen molar-refractivity contribution in [3.8, 4) is 0 Å². The van der Waals surface area contributed by atoms with Crippen LogP contribution in [0.2, 0.25) is 5.02 Å². The van der Waals surface area contributed by atoms with E-state index in [0.29, 0.717) is 5.84 Å². The van der Waals surface area contributed by atoms with Crippen LogP contribution in [0.15, 0.2) is 23.2 Å². The molecular weight excluding hydrogens is 217 g/mol. The van der Waals surface area contributed by atoms with Crippen molar-refractivity contribution < 1.29 is 4.39 Å². The molecule has 0 fully saturated rings. The first-order valence-corrected chi connectivity index (χ1v) is 4.93. The lowest BCUT2D eigenvalue weighted by Gasteiger charge is -2.09. The third-order valence-electron chi connectivity index (χ3n) is 1.73. The zero-order chi connectivity index (χ0) is 11.4. The second-order valence-corrected chi connectivity index (χ2v) is 3.72. The fourth-order valence-electron chi connectivity index (χ4n) is 1.13. The topological polar surface area (TPSA) is 50.4 Å². The second-order valence-electron chi connectivity index (χ2n) is 3.32. The number of aliphatic imine (C=N–C) groups is 1. The normalized spacial score (nSPS) is 12.0. The van der Waals surface area contributed by atoms with E-state index in [0.717, 1.165) is 0 Å². The second kappa shape index (κ2) is 5.09. The number of amidine groups is 1. The van der Waals surface area contributed by atoms with Gasteiger partial charge in [0, 0.05) is 6.04 Å². The highest BCUT2D eigenvalue weighted by molar-refractivity contribution is 6.31. The predicted molar refractivity (Wildman–Crippen MR) is 60.4 cm³/mol. The Morgan fingerprint density at radius 2 is 2.20 bits per heavy atom. The highest BCUT2D eigenvalue weighted by atomic mass is 35.5. The van der Waals surface area contributed by atoms with Crippen LogP contribution in [0, 0.1) is 5.82 Å². The van der Waals surface area contributed by atoms with Gasteiger partial charge >= 0.3 is 0 Å². The lowest BCUT2D eigenvalue weighted by molar-refractivity contribution is 0.624. The number of nitrogens with two attached hydrogens (primary N) is 1. The third-order valence-corrected chi connectivity index (χ3v) is 2.02. The summed E-state index contributed by atoms with van der Waals surface area (Å²) in [6.07, 6.45) is 0. The van der Waals surface area contributed by atoms with Crippen molar-refractivity contribution in [3.05, 3.63) is 34.6 Å². The molecule has 0 bridgehead atoms. The van der Waals surface area contributed by atoms with Gasteiger partial charge in [-0.05, 0) is 26.0 Å². The van der Waals surface area contributed by atoms with Gasteiger partial charge in [-0.2, -0.15) is 0 Å². The van der Waals surface area contributed by atoms with E-state index in [9.17, 15) is 4.39 Å². The molecule has 15 heavy (non-hydrogen) atoms. The Kier molecular flexibility index (Phi) is 4.05. The van der Waals surface area contributed by atoms with E-state index in [1.54, 1.807) is 12.1 Å². The molecule has 82 valence electrons. The van der Waals surface area contributed by atoms with Gasteiger partial charge < -0.3 is 5.43 Å². The molecule has 0 radical (unpaired) electrons. The summed E-state index contributed by atoms with van der Waals surface area (Å²) in [5.74, 6) is 5.06. The van der Waals surface area contributed by atoms with Crippen molar-refractivity contribution in [1.29, 1.82) is 0 Å². The van der Waals surface area contributed by atoms with Gasteiger partial charge in [0.15, 0.2) is 5.82 Å². The molecule has 0 heterocycles. The first-order valence-electron chi connectivity index (χ1n) is 4.55. The summed E-state index contributed by atoms with van der Waals surface area (Å²) in [7, 11) is 0. The van der Waals surface area contributed by atoms with Gasteiger partial charge in [0.1, 0.15) is 5.84 Å². The largest absolute Gasteiger partial charge is 0.308 e. The zero-order valence-electron chi connectivity index (χ0n) is 8.59. The summed E-state index contributed by atoms with van der Waals surface area (Å²) in [5.41, 5.74) is 2.65. The number of halogens is 2. The third kappa shape index (κ3) is 2.91. The smallest absolute Gasteiger partial charge is 0.152 e. The van der Waals surface area contributed by atoms with Crippen LogP contribution in [0.25, 0.3) is 0 Å². The van der Waals surface area contributed by atoms with E-state index in [1.165, 1.54) is 6.07 Å². The van der Waals surface area contributed by atoms with Crippen LogP contribution < -0.4 is 11.3 Å². The van der Waals surface area contributed by atoms with E-state index in [1.807, 2.05) is 13.8 Å². The van der Waals surface area contributed by atoms with Crippen LogP contribution in [0.3, 0.4) is 0 Å². The summed E-state index contributed by atoms with van der Waals surface area (Å²) in [5, 5.41) is 0.0548. The van der Waals surface area contributed by atoms with Gasteiger partial charge in [0.2, 0.25) is 0 Å². The maximum absolute atomic E-state index is 13.6. The number of hydrazine groups is 1. The van der Waals surface area contributed by atoms with Crippen molar-refractivity contribution in [2.24, 2.45) is 10.8 Å². The fourth-order valence-corrected chi connectivity index (χ4v) is 1.30. The first kappa shape index (κ1) is 11.9. The number of nitrogens with zero attached hydrogens (tertiary/aromatic N) is 1. The van der Waals surface area contributed by atoms with Crippen molar-refractivity contribution in [2.45, 2.75) is 19.9 Å². The van der Waals surface area contributed by atoms with Crippen LogP contribution in [-0.4, -0.2) is 11.9 Å². The minimum absolute atomic E-state index is 0.0226. The van der Waals surface area contributed by atoms with Gasteiger partial charge in [0.05, 0.1) is 10.6 Å². The zero-order valence-corrected chi connectivity index (χ0v) is 9.35. The summed E-state index contributed by atoms with van der Waals surface area (Å²) in [6.45, 7) is 3.75. The van der Waals surface area contributed by atoms with Crippen LogP contribution >= 0.6 is 11.6 Å². The van der Waals surface area contributed by atoms with Crippen molar-refractivity contribution in [3.63, 3.8) is 0 Å². The predicted octanol–water partition coefficient (Wildman–Crippen LogP) is 2.10. The Balaban J connectivity index is 3.19. The minimum atomic E-state index is -0.517. The van der Waals surface area contributed by atoms with Crippen LogP contribution in [0.1, 0.15) is 19.4 Å². The molecule has 0 atom stereocenters. The number of hydrogen-bond acceptors (Lipinski definition) is 2. The molecule has 0 aliphatic heterocycles. The van der Waals surface area contributed by atoms with E-state index in [-0.39, 0.29) is 16.6 Å². The Bertz CT molecular complexity index is 377. The Labute approximate surface area is 93.1 Å². The maximum Gasteiger partial charge on any atom is 0.152 e. The Morgan fingerprint density at radius 3 is 2.73 bits per heavy atom. The molecule has 0 aliphatic rings. The minimum Gasteiger partial charge on any atom is -0.308 e. The number of rotatable bonds is 2. The average Bonchev–Trinajstić information content (AvgIpc) is 2.19. The number of benzene rings is 1. The molecule has 0 aromatic heterocycles. The van der Waals surface area contributed by atoms with Crippen molar-refractivity contribution in [2.75, 3.05) is 0 Å². The molecule has 0 spiro atoms. The summed E-state index contributed by atoms with van der Waals surface area (Å²) < 4.78 is 13.6. The molecule has 1 rings (SSSR count).